The predicted octanol–water partition coefficient (Wildman–Crippen LogP) is 2.80. The lowest BCUT2D eigenvalue weighted by Gasteiger charge is -2.06. The van der Waals surface area contributed by atoms with Crippen molar-refractivity contribution in [2.75, 3.05) is 5.73 Å². The van der Waals surface area contributed by atoms with E-state index in [1.165, 1.54) is 10.2 Å². The monoisotopic (exact) mass is 355 g/mol. The molecule has 3 aromatic rings. The summed E-state index contributed by atoms with van der Waals surface area (Å²) in [5, 5.41) is 11.3. The number of carbonyl (C=O) groups excluding carboxylic acids is 1. The first-order valence-electron chi connectivity index (χ1n) is 7.80. The molecule has 0 radical (unpaired) electrons. The number of aromatic nitrogens is 3. The SMILES string of the molecule is Cc1ccc(Cn2nnc(C(=O)NCc3ccc(Cl)cc3)c2N)cc1. The minimum absolute atomic E-state index is 0.126. The van der Waals surface area contributed by atoms with Gasteiger partial charge in [0.05, 0.1) is 6.54 Å². The standard InChI is InChI=1S/C18H18ClN5O/c1-12-2-4-14(5-3-12)11-24-17(20)16(22-23-24)18(25)21-10-13-6-8-15(19)9-7-13/h2-9H,10-11,20H2,1H3,(H,21,25). The van der Waals surface area contributed by atoms with Crippen LogP contribution in [0.15, 0.2) is 48.5 Å². The second-order valence-corrected chi connectivity index (χ2v) is 6.21. The smallest absolute Gasteiger partial charge is 0.275 e. The number of halogens is 1. The highest BCUT2D eigenvalue weighted by molar-refractivity contribution is 6.30. The van der Waals surface area contributed by atoms with E-state index in [1.807, 2.05) is 43.3 Å². The Morgan fingerprint density at radius 1 is 1.12 bits per heavy atom. The quantitative estimate of drug-likeness (QED) is 0.736. The van der Waals surface area contributed by atoms with E-state index in [4.69, 9.17) is 17.3 Å². The van der Waals surface area contributed by atoms with E-state index in [9.17, 15) is 4.79 Å². The fraction of sp³-hybridized carbons (Fsp3) is 0.167. The third-order valence-corrected chi connectivity index (χ3v) is 4.06. The maximum Gasteiger partial charge on any atom is 0.275 e. The molecule has 0 aliphatic heterocycles. The highest BCUT2D eigenvalue weighted by Gasteiger charge is 2.17. The molecule has 0 aliphatic rings. The zero-order valence-electron chi connectivity index (χ0n) is 13.7. The molecule has 2 aromatic carbocycles. The van der Waals surface area contributed by atoms with Gasteiger partial charge >= 0.3 is 0 Å². The van der Waals surface area contributed by atoms with Crippen LogP contribution in [0.1, 0.15) is 27.2 Å². The highest BCUT2D eigenvalue weighted by atomic mass is 35.5. The number of nitrogens with zero attached hydrogens (tertiary/aromatic N) is 3. The Morgan fingerprint density at radius 3 is 2.44 bits per heavy atom. The molecular weight excluding hydrogens is 338 g/mol. The van der Waals surface area contributed by atoms with Crippen LogP contribution in [0.25, 0.3) is 0 Å². The van der Waals surface area contributed by atoms with Gasteiger partial charge in [-0.25, -0.2) is 4.68 Å². The zero-order chi connectivity index (χ0) is 17.8. The van der Waals surface area contributed by atoms with Gasteiger partial charge in [-0.05, 0) is 30.2 Å². The maximum absolute atomic E-state index is 12.3. The highest BCUT2D eigenvalue weighted by Crippen LogP contribution is 2.13. The van der Waals surface area contributed by atoms with Crippen molar-refractivity contribution in [2.24, 2.45) is 0 Å². The molecule has 1 amide bonds. The van der Waals surface area contributed by atoms with Crippen molar-refractivity contribution in [1.82, 2.24) is 20.3 Å². The van der Waals surface area contributed by atoms with Crippen LogP contribution in [0.3, 0.4) is 0 Å². The number of anilines is 1. The molecule has 0 bridgehead atoms. The number of amides is 1. The van der Waals surface area contributed by atoms with Crippen molar-refractivity contribution >= 4 is 23.3 Å². The average molecular weight is 356 g/mol. The molecule has 0 saturated heterocycles. The number of hydrogen-bond donors (Lipinski definition) is 2. The van der Waals surface area contributed by atoms with Gasteiger partial charge in [-0.15, -0.1) is 5.10 Å². The normalized spacial score (nSPS) is 10.6. The van der Waals surface area contributed by atoms with Crippen LogP contribution in [0.2, 0.25) is 5.02 Å². The second-order valence-electron chi connectivity index (χ2n) is 5.78. The van der Waals surface area contributed by atoms with Gasteiger partial charge in [-0.2, -0.15) is 0 Å². The molecule has 0 atom stereocenters. The molecule has 0 spiro atoms. The number of nitrogens with two attached hydrogens (primary N) is 1. The van der Waals surface area contributed by atoms with Gasteiger partial charge in [0.1, 0.15) is 0 Å². The molecule has 0 unspecified atom stereocenters. The summed E-state index contributed by atoms with van der Waals surface area (Å²) in [6.45, 7) is 2.85. The number of carbonyl (C=O) groups is 1. The summed E-state index contributed by atoms with van der Waals surface area (Å²) in [6, 6.07) is 15.3. The van der Waals surface area contributed by atoms with Crippen LogP contribution in [0, 0.1) is 6.92 Å². The van der Waals surface area contributed by atoms with Gasteiger partial charge in [-0.1, -0.05) is 58.8 Å². The van der Waals surface area contributed by atoms with Gasteiger partial charge in [0.2, 0.25) is 0 Å². The summed E-state index contributed by atoms with van der Waals surface area (Å²) in [6.07, 6.45) is 0. The first-order valence-corrected chi connectivity index (χ1v) is 8.18. The topological polar surface area (TPSA) is 85.8 Å². The second kappa shape index (κ2) is 7.36. The van der Waals surface area contributed by atoms with E-state index in [-0.39, 0.29) is 17.4 Å². The van der Waals surface area contributed by atoms with Crippen LogP contribution in [-0.4, -0.2) is 20.9 Å². The fourth-order valence-electron chi connectivity index (χ4n) is 2.33. The zero-order valence-corrected chi connectivity index (χ0v) is 14.5. The van der Waals surface area contributed by atoms with Crippen LogP contribution >= 0.6 is 11.6 Å². The minimum Gasteiger partial charge on any atom is -0.382 e. The molecule has 7 heteroatoms. The van der Waals surface area contributed by atoms with E-state index in [2.05, 4.69) is 15.6 Å². The number of hydrogen-bond acceptors (Lipinski definition) is 4. The molecular formula is C18H18ClN5O. The molecule has 1 aromatic heterocycles. The molecule has 1 heterocycles. The molecule has 128 valence electrons. The van der Waals surface area contributed by atoms with Crippen molar-refractivity contribution in [2.45, 2.75) is 20.0 Å². The van der Waals surface area contributed by atoms with E-state index in [0.717, 1.165) is 11.1 Å². The molecule has 25 heavy (non-hydrogen) atoms. The molecule has 3 N–H and O–H groups in total. The van der Waals surface area contributed by atoms with Crippen molar-refractivity contribution in [3.05, 3.63) is 75.9 Å². The van der Waals surface area contributed by atoms with Gasteiger partial charge in [0, 0.05) is 11.6 Å². The lowest BCUT2D eigenvalue weighted by atomic mass is 10.1. The van der Waals surface area contributed by atoms with Crippen LogP contribution in [-0.2, 0) is 13.1 Å². The van der Waals surface area contributed by atoms with Crippen LogP contribution < -0.4 is 11.1 Å². The van der Waals surface area contributed by atoms with Crippen LogP contribution in [0.4, 0.5) is 5.82 Å². The molecule has 6 nitrogen and oxygen atoms in total. The van der Waals surface area contributed by atoms with Crippen molar-refractivity contribution in [1.29, 1.82) is 0 Å². The third-order valence-electron chi connectivity index (χ3n) is 3.81. The lowest BCUT2D eigenvalue weighted by molar-refractivity contribution is 0.0946. The van der Waals surface area contributed by atoms with Crippen molar-refractivity contribution < 1.29 is 4.79 Å². The summed E-state index contributed by atoms with van der Waals surface area (Å²) >= 11 is 5.84. The largest absolute Gasteiger partial charge is 0.382 e. The van der Waals surface area contributed by atoms with E-state index in [1.54, 1.807) is 12.1 Å². The van der Waals surface area contributed by atoms with Crippen LogP contribution in [0.5, 0.6) is 0 Å². The van der Waals surface area contributed by atoms with E-state index >= 15 is 0 Å². The maximum atomic E-state index is 12.3. The first-order chi connectivity index (χ1) is 12.0. The number of benzene rings is 2. The molecule has 0 saturated carbocycles. The number of rotatable bonds is 5. The van der Waals surface area contributed by atoms with E-state index < -0.39 is 0 Å². The van der Waals surface area contributed by atoms with Gasteiger partial charge in [0.15, 0.2) is 11.5 Å². The van der Waals surface area contributed by atoms with Crippen molar-refractivity contribution in [3.63, 3.8) is 0 Å². The average Bonchev–Trinajstić information content (AvgIpc) is 2.97. The Kier molecular flexibility index (Phi) is 5.00. The lowest BCUT2D eigenvalue weighted by Crippen LogP contribution is -2.24. The Labute approximate surface area is 150 Å². The fourth-order valence-corrected chi connectivity index (χ4v) is 2.46. The van der Waals surface area contributed by atoms with Gasteiger partial charge in [-0.3, -0.25) is 4.79 Å². The Hall–Kier alpha value is -2.86. The summed E-state index contributed by atoms with van der Waals surface area (Å²) in [5.74, 6) is -0.114. The van der Waals surface area contributed by atoms with Gasteiger partial charge in [0.25, 0.3) is 5.91 Å². The minimum atomic E-state index is -0.359. The summed E-state index contributed by atoms with van der Waals surface area (Å²) in [4.78, 5) is 12.3. The summed E-state index contributed by atoms with van der Waals surface area (Å²) in [5.41, 5.74) is 9.31. The van der Waals surface area contributed by atoms with E-state index in [0.29, 0.717) is 18.1 Å². The summed E-state index contributed by atoms with van der Waals surface area (Å²) in [7, 11) is 0. The van der Waals surface area contributed by atoms with Gasteiger partial charge < -0.3 is 11.1 Å². The number of aryl methyl sites for hydroxylation is 1. The number of nitrogen functional groups attached to an aromatic ring is 1. The molecule has 0 fully saturated rings. The first kappa shape index (κ1) is 17.0. The molecule has 3 rings (SSSR count). The Balaban J connectivity index is 1.66. The summed E-state index contributed by atoms with van der Waals surface area (Å²) < 4.78 is 1.52. The third kappa shape index (κ3) is 4.16. The molecule has 0 aliphatic carbocycles. The Bertz CT molecular complexity index is 871. The predicted molar refractivity (Wildman–Crippen MR) is 97.3 cm³/mol. The number of nitrogens with one attached hydrogen (secondary N) is 1. The van der Waals surface area contributed by atoms with Crippen molar-refractivity contribution in [3.8, 4) is 0 Å². The Morgan fingerprint density at radius 2 is 1.76 bits per heavy atom.